The lowest BCUT2D eigenvalue weighted by Crippen LogP contribution is -2.29. The van der Waals surface area contributed by atoms with E-state index in [1.807, 2.05) is 6.92 Å². The van der Waals surface area contributed by atoms with Crippen LogP contribution in [0.4, 0.5) is 0 Å². The van der Waals surface area contributed by atoms with Gasteiger partial charge in [0.2, 0.25) is 5.16 Å². The van der Waals surface area contributed by atoms with E-state index in [9.17, 15) is 0 Å². The molecular weight excluding hydrogens is 208 g/mol. The van der Waals surface area contributed by atoms with Gasteiger partial charge in [0.1, 0.15) is 5.82 Å². The average Bonchev–Trinajstić information content (AvgIpc) is 2.66. The maximum Gasteiger partial charge on any atom is 0.208 e. The van der Waals surface area contributed by atoms with Crippen LogP contribution in [-0.4, -0.2) is 34.0 Å². The van der Waals surface area contributed by atoms with Crippen molar-refractivity contribution in [3.05, 3.63) is 5.82 Å². The van der Waals surface area contributed by atoms with Crippen LogP contribution >= 0.6 is 11.8 Å². The third-order valence-corrected chi connectivity index (χ3v) is 3.61. The Hall–Kier alpha value is -0.550. The predicted octanol–water partition coefficient (Wildman–Crippen LogP) is 1.59. The first-order chi connectivity index (χ1) is 7.34. The minimum atomic E-state index is 0.853. The van der Waals surface area contributed by atoms with Crippen molar-refractivity contribution in [2.24, 2.45) is 5.92 Å². The van der Waals surface area contributed by atoms with Gasteiger partial charge in [0.15, 0.2) is 0 Å². The molecule has 1 unspecified atom stereocenters. The Morgan fingerprint density at radius 2 is 2.47 bits per heavy atom. The number of piperidine rings is 1. The highest BCUT2D eigenvalue weighted by Crippen LogP contribution is 2.20. The van der Waals surface area contributed by atoms with Gasteiger partial charge in [0, 0.05) is 5.75 Å². The molecular formula is C10H18N4S. The number of H-pyrrole nitrogens is 1. The first-order valence-corrected chi connectivity index (χ1v) is 6.55. The molecule has 84 valence electrons. The zero-order chi connectivity index (χ0) is 10.5. The fourth-order valence-corrected chi connectivity index (χ4v) is 2.82. The van der Waals surface area contributed by atoms with E-state index in [4.69, 9.17) is 0 Å². The summed E-state index contributed by atoms with van der Waals surface area (Å²) in [4.78, 5) is 4.27. The first-order valence-electron chi connectivity index (χ1n) is 5.57. The Kier molecular flexibility index (Phi) is 4.02. The van der Waals surface area contributed by atoms with Crippen LogP contribution in [0.5, 0.6) is 0 Å². The molecule has 0 saturated carbocycles. The van der Waals surface area contributed by atoms with Gasteiger partial charge < -0.3 is 5.32 Å². The number of nitrogens with zero attached hydrogens (tertiary/aromatic N) is 2. The van der Waals surface area contributed by atoms with Gasteiger partial charge in [-0.05, 0) is 45.2 Å². The largest absolute Gasteiger partial charge is 0.316 e. The van der Waals surface area contributed by atoms with Gasteiger partial charge in [0.25, 0.3) is 0 Å². The number of rotatable bonds is 4. The van der Waals surface area contributed by atoms with E-state index in [1.54, 1.807) is 11.8 Å². The van der Waals surface area contributed by atoms with Crippen LogP contribution in [0.2, 0.25) is 0 Å². The maximum absolute atomic E-state index is 4.27. The molecule has 1 aliphatic heterocycles. The Morgan fingerprint density at radius 3 is 3.13 bits per heavy atom. The van der Waals surface area contributed by atoms with Crippen LogP contribution in [0.3, 0.4) is 0 Å². The monoisotopic (exact) mass is 226 g/mol. The van der Waals surface area contributed by atoms with E-state index in [2.05, 4.69) is 20.5 Å². The SMILES string of the molecule is Cc1nc(SCCC2CCCNC2)n[nH]1. The Balaban J connectivity index is 1.65. The normalized spacial score (nSPS) is 21.8. The summed E-state index contributed by atoms with van der Waals surface area (Å²) >= 11 is 1.75. The van der Waals surface area contributed by atoms with Crippen LogP contribution < -0.4 is 5.32 Å². The molecule has 1 aromatic heterocycles. The van der Waals surface area contributed by atoms with E-state index < -0.39 is 0 Å². The molecule has 15 heavy (non-hydrogen) atoms. The average molecular weight is 226 g/mol. The highest BCUT2D eigenvalue weighted by Gasteiger charge is 2.12. The van der Waals surface area contributed by atoms with Gasteiger partial charge >= 0.3 is 0 Å². The molecule has 1 atom stereocenters. The van der Waals surface area contributed by atoms with E-state index in [0.717, 1.165) is 22.7 Å². The third-order valence-electron chi connectivity index (χ3n) is 2.73. The summed E-state index contributed by atoms with van der Waals surface area (Å²) in [6.45, 7) is 4.32. The highest BCUT2D eigenvalue weighted by atomic mass is 32.2. The van der Waals surface area contributed by atoms with E-state index in [0.29, 0.717) is 0 Å². The van der Waals surface area contributed by atoms with Crippen molar-refractivity contribution in [3.63, 3.8) is 0 Å². The summed E-state index contributed by atoms with van der Waals surface area (Å²) in [7, 11) is 0. The minimum Gasteiger partial charge on any atom is -0.316 e. The van der Waals surface area contributed by atoms with Crippen LogP contribution in [0.25, 0.3) is 0 Å². The van der Waals surface area contributed by atoms with Crippen LogP contribution in [-0.2, 0) is 0 Å². The molecule has 4 nitrogen and oxygen atoms in total. The fourth-order valence-electron chi connectivity index (χ4n) is 1.87. The summed E-state index contributed by atoms with van der Waals surface area (Å²) in [5.74, 6) is 2.88. The summed E-state index contributed by atoms with van der Waals surface area (Å²) in [6, 6.07) is 0. The standard InChI is InChI=1S/C10H18N4S/c1-8-12-10(14-13-8)15-6-4-9-3-2-5-11-7-9/h9,11H,2-7H2,1H3,(H,12,13,14). The molecule has 5 heteroatoms. The summed E-state index contributed by atoms with van der Waals surface area (Å²) in [5, 5.41) is 11.3. The smallest absolute Gasteiger partial charge is 0.208 e. The maximum atomic E-state index is 4.27. The lowest BCUT2D eigenvalue weighted by molar-refractivity contribution is 0.371. The number of nitrogens with one attached hydrogen (secondary N) is 2. The zero-order valence-corrected chi connectivity index (χ0v) is 9.94. The van der Waals surface area contributed by atoms with Crippen molar-refractivity contribution in [3.8, 4) is 0 Å². The number of aryl methyl sites for hydroxylation is 1. The summed E-state index contributed by atoms with van der Waals surface area (Å²) in [5.41, 5.74) is 0. The second-order valence-electron chi connectivity index (χ2n) is 4.05. The Morgan fingerprint density at radius 1 is 1.53 bits per heavy atom. The lowest BCUT2D eigenvalue weighted by Gasteiger charge is -2.21. The molecule has 0 bridgehead atoms. The highest BCUT2D eigenvalue weighted by molar-refractivity contribution is 7.99. The van der Waals surface area contributed by atoms with Crippen molar-refractivity contribution < 1.29 is 0 Å². The number of aromatic nitrogens is 3. The molecule has 0 aromatic carbocycles. The van der Waals surface area contributed by atoms with Crippen LogP contribution in [0, 0.1) is 12.8 Å². The molecule has 0 spiro atoms. The van der Waals surface area contributed by atoms with Gasteiger partial charge in [-0.3, -0.25) is 5.10 Å². The molecule has 1 aromatic rings. The number of hydrogen-bond donors (Lipinski definition) is 2. The molecule has 1 fully saturated rings. The summed E-state index contributed by atoms with van der Waals surface area (Å²) < 4.78 is 0. The topological polar surface area (TPSA) is 53.6 Å². The number of hydrogen-bond acceptors (Lipinski definition) is 4. The second kappa shape index (κ2) is 5.51. The van der Waals surface area contributed by atoms with Crippen LogP contribution in [0.15, 0.2) is 5.16 Å². The van der Waals surface area contributed by atoms with Gasteiger partial charge in [-0.2, -0.15) is 0 Å². The van der Waals surface area contributed by atoms with Crippen molar-refractivity contribution in [2.45, 2.75) is 31.3 Å². The van der Waals surface area contributed by atoms with Crippen molar-refractivity contribution in [2.75, 3.05) is 18.8 Å². The summed E-state index contributed by atoms with van der Waals surface area (Å²) in [6.07, 6.45) is 3.97. The molecule has 1 saturated heterocycles. The number of thioether (sulfide) groups is 1. The Bertz CT molecular complexity index is 293. The molecule has 2 N–H and O–H groups in total. The van der Waals surface area contributed by atoms with Gasteiger partial charge in [-0.1, -0.05) is 11.8 Å². The fraction of sp³-hybridized carbons (Fsp3) is 0.800. The molecule has 0 amide bonds. The first kappa shape index (κ1) is 11.0. The van der Waals surface area contributed by atoms with Crippen molar-refractivity contribution in [1.29, 1.82) is 0 Å². The molecule has 2 heterocycles. The van der Waals surface area contributed by atoms with E-state index in [-0.39, 0.29) is 0 Å². The predicted molar refractivity (Wildman–Crippen MR) is 62.1 cm³/mol. The van der Waals surface area contributed by atoms with Crippen molar-refractivity contribution >= 4 is 11.8 Å². The van der Waals surface area contributed by atoms with Crippen LogP contribution in [0.1, 0.15) is 25.1 Å². The lowest BCUT2D eigenvalue weighted by atomic mass is 9.97. The second-order valence-corrected chi connectivity index (χ2v) is 5.11. The quantitative estimate of drug-likeness (QED) is 0.766. The van der Waals surface area contributed by atoms with Crippen molar-refractivity contribution in [1.82, 2.24) is 20.5 Å². The molecule has 0 radical (unpaired) electrons. The molecule has 0 aliphatic carbocycles. The zero-order valence-electron chi connectivity index (χ0n) is 9.12. The number of aromatic amines is 1. The van der Waals surface area contributed by atoms with Gasteiger partial charge in [0.05, 0.1) is 0 Å². The molecule has 1 aliphatic rings. The third kappa shape index (κ3) is 3.50. The Labute approximate surface area is 94.6 Å². The van der Waals surface area contributed by atoms with E-state index in [1.165, 1.54) is 32.4 Å². The van der Waals surface area contributed by atoms with Gasteiger partial charge in [-0.25, -0.2) is 4.98 Å². The van der Waals surface area contributed by atoms with E-state index >= 15 is 0 Å². The van der Waals surface area contributed by atoms with Gasteiger partial charge in [-0.15, -0.1) is 5.10 Å². The molecule has 2 rings (SSSR count). The minimum absolute atomic E-state index is 0.853.